The minimum atomic E-state index is -4.81. The van der Waals surface area contributed by atoms with E-state index in [2.05, 4.69) is 36.6 Å². The molecular formula is C48H91O12P. The number of aliphatic hydroxyl groups excluding tert-OH is 5. The van der Waals surface area contributed by atoms with E-state index in [1.54, 1.807) is 0 Å². The highest BCUT2D eigenvalue weighted by atomic mass is 31.2. The molecule has 13 heteroatoms. The van der Waals surface area contributed by atoms with Crippen LogP contribution in [0.5, 0.6) is 0 Å². The van der Waals surface area contributed by atoms with Gasteiger partial charge in [0.2, 0.25) is 0 Å². The van der Waals surface area contributed by atoms with Crippen LogP contribution in [0.25, 0.3) is 0 Å². The summed E-state index contributed by atoms with van der Waals surface area (Å²) in [4.78, 5) is 34.6. The van der Waals surface area contributed by atoms with E-state index in [-0.39, 0.29) is 12.3 Å². The van der Waals surface area contributed by atoms with Crippen LogP contribution in [0.3, 0.4) is 0 Å². The molecule has 0 rings (SSSR count). The van der Waals surface area contributed by atoms with Gasteiger partial charge < -0.3 is 35.2 Å². The molecule has 360 valence electrons. The van der Waals surface area contributed by atoms with Crippen LogP contribution < -0.4 is 0 Å². The Kier molecular flexibility index (Phi) is 41.5. The van der Waals surface area contributed by atoms with Crippen LogP contribution >= 0.6 is 7.82 Å². The van der Waals surface area contributed by atoms with Gasteiger partial charge in [0.25, 0.3) is 0 Å². The Bertz CT molecular complexity index is 1120. The van der Waals surface area contributed by atoms with E-state index in [1.165, 1.54) is 135 Å². The van der Waals surface area contributed by atoms with Gasteiger partial charge in [-0.05, 0) is 63.9 Å². The van der Waals surface area contributed by atoms with Gasteiger partial charge >= 0.3 is 13.8 Å². The summed E-state index contributed by atoms with van der Waals surface area (Å²) in [5.74, 6) is -0.0613. The van der Waals surface area contributed by atoms with Crippen molar-refractivity contribution in [2.45, 2.75) is 237 Å². The lowest BCUT2D eigenvalue weighted by atomic mass is 9.93. The maximum absolute atomic E-state index is 12.7. The van der Waals surface area contributed by atoms with Crippen LogP contribution in [0.15, 0.2) is 24.3 Å². The first kappa shape index (κ1) is 59.5. The van der Waals surface area contributed by atoms with Gasteiger partial charge in [-0.1, -0.05) is 167 Å². The molecule has 0 aromatic carbocycles. The number of allylic oxidation sites excluding steroid dienone is 4. The molecule has 2 unspecified atom stereocenters. The van der Waals surface area contributed by atoms with Gasteiger partial charge in [0.15, 0.2) is 5.78 Å². The third-order valence-corrected chi connectivity index (χ3v) is 12.3. The molecule has 0 aliphatic heterocycles. The monoisotopic (exact) mass is 891 g/mol. The Hall–Kier alpha value is -1.47. The summed E-state index contributed by atoms with van der Waals surface area (Å²) >= 11 is 0. The van der Waals surface area contributed by atoms with Crippen molar-refractivity contribution in [1.82, 2.24) is 0 Å². The maximum Gasteiger partial charge on any atom is 0.472 e. The third kappa shape index (κ3) is 37.6. The standard InChI is InChI=1S/C48H91O12P/c1-3-5-6-7-8-9-10-11-12-13-14-15-16-17-21-24-27-30-33-36-44(51)42(4-2)35-32-29-26-23-20-18-19-22-25-28-31-34-37-47(54)58-40-43(38-49)60-61(56,57)59-41-46(53)48(55)45(52)39-50/h14-15,33,36,42-43,45-46,48-50,52-53,55H,3-13,16-32,34-35,37-41H2,1-2H3,(H,56,57)/b15-14-,36-33-/t42?,43-,45+,46+,48-/m0/s1. The van der Waals surface area contributed by atoms with Gasteiger partial charge in [0.05, 0.1) is 19.8 Å². The quantitative estimate of drug-likeness (QED) is 0.0111. The first-order valence-corrected chi connectivity index (χ1v) is 25.9. The van der Waals surface area contributed by atoms with Crippen molar-refractivity contribution < 1.29 is 58.4 Å². The molecule has 0 aliphatic rings. The van der Waals surface area contributed by atoms with Crippen molar-refractivity contribution in [3.63, 3.8) is 0 Å². The molecule has 0 aliphatic carbocycles. The van der Waals surface area contributed by atoms with Crippen LogP contribution in [0.1, 0.15) is 213 Å². The summed E-state index contributed by atoms with van der Waals surface area (Å²) in [7, 11) is -4.81. The molecular weight excluding hydrogens is 799 g/mol. The number of ketones is 1. The van der Waals surface area contributed by atoms with Crippen LogP contribution in [-0.4, -0.2) is 93.0 Å². The summed E-state index contributed by atoms with van der Waals surface area (Å²) in [5, 5.41) is 46.9. The minimum Gasteiger partial charge on any atom is -0.463 e. The smallest absolute Gasteiger partial charge is 0.463 e. The SMILES string of the molecule is CCCCCCCCCCC/C=C\CCCCCC/C=C\C(=O)C(CC)CCCCCCCCCCCCCCC(=O)OC[C@H](CO)OP(=O)(O)OC[C@@H](O)[C@@H](O)[C@H](O)CO. The van der Waals surface area contributed by atoms with Crippen molar-refractivity contribution in [2.24, 2.45) is 5.92 Å². The van der Waals surface area contributed by atoms with E-state index < -0.39 is 64.6 Å². The Labute approximate surface area is 370 Å². The number of aliphatic hydroxyl groups is 5. The summed E-state index contributed by atoms with van der Waals surface area (Å²) in [5.41, 5.74) is 0. The molecule has 0 spiro atoms. The molecule has 0 amide bonds. The lowest BCUT2D eigenvalue weighted by molar-refractivity contribution is -0.147. The van der Waals surface area contributed by atoms with Crippen LogP contribution in [0.4, 0.5) is 0 Å². The third-order valence-electron chi connectivity index (χ3n) is 11.3. The van der Waals surface area contributed by atoms with Gasteiger partial charge in [-0.25, -0.2) is 4.57 Å². The molecule has 0 saturated heterocycles. The van der Waals surface area contributed by atoms with E-state index in [1.807, 2.05) is 6.08 Å². The van der Waals surface area contributed by atoms with Gasteiger partial charge in [0.1, 0.15) is 31.0 Å². The van der Waals surface area contributed by atoms with Crippen molar-refractivity contribution >= 4 is 19.6 Å². The van der Waals surface area contributed by atoms with Gasteiger partial charge in [-0.2, -0.15) is 0 Å². The molecule has 61 heavy (non-hydrogen) atoms. The van der Waals surface area contributed by atoms with Gasteiger partial charge in [-0.15, -0.1) is 0 Å². The molecule has 6 atom stereocenters. The number of carbonyl (C=O) groups excluding carboxylic acids is 2. The largest absolute Gasteiger partial charge is 0.472 e. The molecule has 6 N–H and O–H groups in total. The second-order valence-corrected chi connectivity index (χ2v) is 18.3. The molecule has 12 nitrogen and oxygen atoms in total. The number of carbonyl (C=O) groups is 2. The summed E-state index contributed by atoms with van der Waals surface area (Å²) in [6, 6.07) is 0. The van der Waals surface area contributed by atoms with Crippen LogP contribution in [-0.2, 0) is 27.9 Å². The highest BCUT2D eigenvalue weighted by Gasteiger charge is 2.31. The first-order valence-electron chi connectivity index (χ1n) is 24.4. The zero-order chi connectivity index (χ0) is 45.2. The number of phosphoric acid groups is 1. The Morgan fingerprint density at radius 3 is 1.51 bits per heavy atom. The van der Waals surface area contributed by atoms with Crippen molar-refractivity contribution in [1.29, 1.82) is 0 Å². The second kappa shape index (κ2) is 42.5. The van der Waals surface area contributed by atoms with Crippen molar-refractivity contribution in [3.8, 4) is 0 Å². The Balaban J connectivity index is 3.74. The topological polar surface area (TPSA) is 200 Å². The summed E-state index contributed by atoms with van der Waals surface area (Å²) in [6.45, 7) is 1.45. The molecule has 0 saturated carbocycles. The highest BCUT2D eigenvalue weighted by Crippen LogP contribution is 2.44. The predicted octanol–water partition coefficient (Wildman–Crippen LogP) is 10.5. The normalized spacial score (nSPS) is 15.5. The number of esters is 1. The van der Waals surface area contributed by atoms with Crippen LogP contribution in [0.2, 0.25) is 0 Å². The molecule has 0 aromatic rings. The highest BCUT2D eigenvalue weighted by molar-refractivity contribution is 7.47. The maximum atomic E-state index is 12.7. The molecule has 0 fully saturated rings. The second-order valence-electron chi connectivity index (χ2n) is 16.9. The lowest BCUT2D eigenvalue weighted by Gasteiger charge is -2.23. The van der Waals surface area contributed by atoms with E-state index in [9.17, 15) is 39.5 Å². The van der Waals surface area contributed by atoms with Gasteiger partial charge in [0, 0.05) is 12.3 Å². The zero-order valence-electron chi connectivity index (χ0n) is 38.5. The molecule has 0 bridgehead atoms. The fourth-order valence-corrected chi connectivity index (χ4v) is 8.13. The predicted molar refractivity (Wildman–Crippen MR) is 245 cm³/mol. The minimum absolute atomic E-state index is 0.157. The molecule has 0 radical (unpaired) electrons. The van der Waals surface area contributed by atoms with E-state index in [0.717, 1.165) is 51.4 Å². The van der Waals surface area contributed by atoms with E-state index >= 15 is 0 Å². The zero-order valence-corrected chi connectivity index (χ0v) is 39.4. The fourth-order valence-electron chi connectivity index (χ4n) is 7.22. The molecule has 0 aromatic heterocycles. The Morgan fingerprint density at radius 2 is 1.03 bits per heavy atom. The number of phosphoric ester groups is 1. The number of hydrogen-bond donors (Lipinski definition) is 6. The summed E-state index contributed by atoms with van der Waals surface area (Å²) < 4.78 is 26.5. The average Bonchev–Trinajstić information content (AvgIpc) is 3.25. The van der Waals surface area contributed by atoms with E-state index in [0.29, 0.717) is 12.2 Å². The number of ether oxygens (including phenoxy) is 1. The summed E-state index contributed by atoms with van der Waals surface area (Å²) in [6.07, 6.45) is 38.2. The van der Waals surface area contributed by atoms with Crippen molar-refractivity contribution in [3.05, 3.63) is 24.3 Å². The number of hydrogen-bond acceptors (Lipinski definition) is 11. The molecule has 0 heterocycles. The lowest BCUT2D eigenvalue weighted by Crippen LogP contribution is -2.41. The average molecular weight is 891 g/mol. The fraction of sp³-hybridized carbons (Fsp3) is 0.875. The number of rotatable bonds is 46. The Morgan fingerprint density at radius 1 is 0.574 bits per heavy atom. The van der Waals surface area contributed by atoms with E-state index in [4.69, 9.17) is 14.4 Å². The first-order chi connectivity index (χ1) is 29.5. The van der Waals surface area contributed by atoms with Crippen LogP contribution in [0, 0.1) is 5.92 Å². The number of unbranched alkanes of at least 4 members (excludes halogenated alkanes) is 25. The van der Waals surface area contributed by atoms with Gasteiger partial charge in [-0.3, -0.25) is 18.6 Å². The van der Waals surface area contributed by atoms with Crippen molar-refractivity contribution in [2.75, 3.05) is 26.4 Å².